The van der Waals surface area contributed by atoms with Crippen LogP contribution in [0.3, 0.4) is 0 Å². The Labute approximate surface area is 54.2 Å². The van der Waals surface area contributed by atoms with Gasteiger partial charge in [0.25, 0.3) is 0 Å². The van der Waals surface area contributed by atoms with Crippen molar-refractivity contribution >= 4 is 18.9 Å². The van der Waals surface area contributed by atoms with Gasteiger partial charge in [0.05, 0.1) is 0 Å². The van der Waals surface area contributed by atoms with Crippen molar-refractivity contribution in [2.75, 3.05) is 0 Å². The van der Waals surface area contributed by atoms with E-state index < -0.39 is 0 Å². The fraction of sp³-hybridized carbons (Fsp3) is 0. The second-order valence-corrected chi connectivity index (χ2v) is 0.904. The van der Waals surface area contributed by atoms with Gasteiger partial charge in [-0.3, -0.25) is 0 Å². The van der Waals surface area contributed by atoms with E-state index in [1.807, 2.05) is 0 Å². The zero-order valence-electron chi connectivity index (χ0n) is 3.20. The van der Waals surface area contributed by atoms with E-state index >= 15 is 0 Å². The van der Waals surface area contributed by atoms with Gasteiger partial charge < -0.3 is 0 Å². The topological polar surface area (TPSA) is 25.8 Å². The largest absolute Gasteiger partial charge is 0.245 e. The third-order valence-electron chi connectivity index (χ3n) is 0.478. The molecule has 0 aliphatic rings. The summed E-state index contributed by atoms with van der Waals surface area (Å²) in [6, 6.07) is 1.78. The van der Waals surface area contributed by atoms with Crippen LogP contribution in [0, 0.1) is 0 Å². The average Bonchev–Trinajstić information content (AvgIpc) is 1.72. The predicted octanol–water partition coefficient (Wildman–Crippen LogP) is -0.172. The Morgan fingerprint density at radius 2 is 1.57 bits per heavy atom. The van der Waals surface area contributed by atoms with Gasteiger partial charge in [-0.15, -0.1) is 0 Å². The molecule has 0 aliphatic carbocycles. The van der Waals surface area contributed by atoms with Gasteiger partial charge in [-0.1, -0.05) is 0 Å². The van der Waals surface area contributed by atoms with Crippen LogP contribution in [-0.4, -0.2) is 28.8 Å². The summed E-state index contributed by atoms with van der Waals surface area (Å²) in [4.78, 5) is 7.35. The van der Waals surface area contributed by atoms with Crippen molar-refractivity contribution in [2.24, 2.45) is 0 Å². The molecule has 0 saturated carbocycles. The van der Waals surface area contributed by atoms with Gasteiger partial charge in [-0.25, -0.2) is 9.97 Å². The Kier molecular flexibility index (Phi) is 3.68. The molecule has 0 bridgehead atoms. The van der Waals surface area contributed by atoms with Crippen LogP contribution >= 0.6 is 0 Å². The summed E-state index contributed by atoms with van der Waals surface area (Å²) < 4.78 is 0. The summed E-state index contributed by atoms with van der Waals surface area (Å²) in [5, 5.41) is 0. The molecule has 7 heavy (non-hydrogen) atoms. The first-order valence-electron chi connectivity index (χ1n) is 1.70. The summed E-state index contributed by atoms with van der Waals surface area (Å²) in [6.07, 6.45) is 4.88. The van der Waals surface area contributed by atoms with Gasteiger partial charge in [0.2, 0.25) is 0 Å². The molecule has 0 N–H and O–H groups in total. The van der Waals surface area contributed by atoms with Crippen LogP contribution in [0.25, 0.3) is 0 Å². The van der Waals surface area contributed by atoms with Crippen LogP contribution in [0.5, 0.6) is 0 Å². The maximum atomic E-state index is 3.67. The molecule has 1 aromatic rings. The molecule has 32 valence electrons. The molecule has 3 heteroatoms. The van der Waals surface area contributed by atoms with E-state index in [2.05, 4.69) is 9.97 Å². The predicted molar refractivity (Wildman–Crippen MR) is 29.2 cm³/mol. The van der Waals surface area contributed by atoms with E-state index in [9.17, 15) is 0 Å². The summed E-state index contributed by atoms with van der Waals surface area (Å²) in [5.74, 6) is 0. The fourth-order valence-corrected chi connectivity index (χ4v) is 0.253. The first-order chi connectivity index (χ1) is 3.00. The maximum Gasteiger partial charge on any atom is 0.115 e. The van der Waals surface area contributed by atoms with Crippen molar-refractivity contribution in [1.82, 2.24) is 9.97 Å². The van der Waals surface area contributed by atoms with Crippen LogP contribution in [-0.2, 0) is 0 Å². The standard InChI is InChI=1S/C4H4N2.Li.H/c1-2-5-4-6-3-1;;/h1-4H;;. The molecule has 0 amide bonds. The normalized spacial score (nSPS) is 6.86. The number of hydrogen-bond acceptors (Lipinski definition) is 2. The molecule has 0 unspecified atom stereocenters. The monoisotopic (exact) mass is 88.1 g/mol. The zero-order valence-corrected chi connectivity index (χ0v) is 3.20. The van der Waals surface area contributed by atoms with Crippen molar-refractivity contribution < 1.29 is 0 Å². The third kappa shape index (κ3) is 2.38. The molecule has 0 aliphatic heterocycles. The Balaban J connectivity index is 0.000000360. The van der Waals surface area contributed by atoms with E-state index in [4.69, 9.17) is 0 Å². The molecule has 0 fully saturated rings. The van der Waals surface area contributed by atoms with E-state index in [1.54, 1.807) is 18.5 Å². The number of aromatic nitrogens is 2. The summed E-state index contributed by atoms with van der Waals surface area (Å²) in [5.41, 5.74) is 0. The van der Waals surface area contributed by atoms with Crippen LogP contribution in [0.2, 0.25) is 0 Å². The van der Waals surface area contributed by atoms with Gasteiger partial charge in [0.1, 0.15) is 6.33 Å². The molecule has 1 heterocycles. The minimum Gasteiger partial charge on any atom is -0.245 e. The molecule has 0 spiro atoms. The maximum absolute atomic E-state index is 3.67. The van der Waals surface area contributed by atoms with E-state index in [-0.39, 0.29) is 18.9 Å². The van der Waals surface area contributed by atoms with Crippen molar-refractivity contribution in [3.63, 3.8) is 0 Å². The van der Waals surface area contributed by atoms with E-state index in [0.717, 1.165) is 0 Å². The molecule has 1 rings (SSSR count). The van der Waals surface area contributed by atoms with Crippen LogP contribution in [0.15, 0.2) is 24.8 Å². The summed E-state index contributed by atoms with van der Waals surface area (Å²) in [7, 11) is 0. The second-order valence-electron chi connectivity index (χ2n) is 0.904. The third-order valence-corrected chi connectivity index (χ3v) is 0.478. The first-order valence-corrected chi connectivity index (χ1v) is 1.70. The minimum absolute atomic E-state index is 0. The van der Waals surface area contributed by atoms with Gasteiger partial charge in [-0.05, 0) is 6.07 Å². The van der Waals surface area contributed by atoms with Crippen LogP contribution in [0.1, 0.15) is 0 Å². The number of nitrogens with zero attached hydrogens (tertiary/aromatic N) is 2. The smallest absolute Gasteiger partial charge is 0.115 e. The molecule has 1 aromatic heterocycles. The fourth-order valence-electron chi connectivity index (χ4n) is 0.253. The summed E-state index contributed by atoms with van der Waals surface area (Å²) >= 11 is 0. The molecule has 2 nitrogen and oxygen atoms in total. The van der Waals surface area contributed by atoms with Crippen molar-refractivity contribution in [2.45, 2.75) is 0 Å². The SMILES string of the molecule is [LiH].c1cncnc1. The van der Waals surface area contributed by atoms with Gasteiger partial charge in [0, 0.05) is 12.4 Å². The van der Waals surface area contributed by atoms with Gasteiger partial charge in [0.15, 0.2) is 0 Å². The Morgan fingerprint density at radius 3 is 1.71 bits per heavy atom. The summed E-state index contributed by atoms with van der Waals surface area (Å²) in [6.45, 7) is 0. The molecule has 0 radical (unpaired) electrons. The minimum atomic E-state index is 0. The Morgan fingerprint density at radius 1 is 1.00 bits per heavy atom. The van der Waals surface area contributed by atoms with Gasteiger partial charge in [-0.2, -0.15) is 0 Å². The van der Waals surface area contributed by atoms with Crippen molar-refractivity contribution in [3.8, 4) is 0 Å². The van der Waals surface area contributed by atoms with Crippen LogP contribution in [0.4, 0.5) is 0 Å². The Hall–Kier alpha value is -0.323. The zero-order chi connectivity index (χ0) is 4.24. The molecule has 0 saturated heterocycles. The second kappa shape index (κ2) is 3.85. The van der Waals surface area contributed by atoms with E-state index in [1.165, 1.54) is 6.33 Å². The Bertz CT molecular complexity index is 81.6. The number of rotatable bonds is 0. The van der Waals surface area contributed by atoms with Gasteiger partial charge >= 0.3 is 18.9 Å². The molecule has 0 aromatic carbocycles. The first kappa shape index (κ1) is 6.68. The molecule has 0 atom stereocenters. The average molecular weight is 88.0 g/mol. The molecular formula is C4H5LiN2. The quantitative estimate of drug-likeness (QED) is 0.411. The van der Waals surface area contributed by atoms with E-state index in [0.29, 0.717) is 0 Å². The molecular weight excluding hydrogens is 83.0 g/mol. The van der Waals surface area contributed by atoms with Crippen LogP contribution < -0.4 is 0 Å². The van der Waals surface area contributed by atoms with Crippen molar-refractivity contribution in [3.05, 3.63) is 24.8 Å². The van der Waals surface area contributed by atoms with Crippen molar-refractivity contribution in [1.29, 1.82) is 0 Å². The number of hydrogen-bond donors (Lipinski definition) is 0.